The third-order valence-corrected chi connectivity index (χ3v) is 3.33. The Labute approximate surface area is 124 Å². The van der Waals surface area contributed by atoms with Crippen LogP contribution in [0.3, 0.4) is 0 Å². The van der Waals surface area contributed by atoms with Gasteiger partial charge in [-0.3, -0.25) is 0 Å². The summed E-state index contributed by atoms with van der Waals surface area (Å²) < 4.78 is 19.3. The first kappa shape index (κ1) is 15.1. The Kier molecular flexibility index (Phi) is 5.34. The van der Waals surface area contributed by atoms with Gasteiger partial charge in [-0.15, -0.1) is 0 Å². The number of halogens is 1. The van der Waals surface area contributed by atoms with Gasteiger partial charge in [0.15, 0.2) is 0 Å². The average molecular weight is 283 g/mol. The van der Waals surface area contributed by atoms with Crippen LogP contribution in [0.5, 0.6) is 5.75 Å². The van der Waals surface area contributed by atoms with Crippen LogP contribution in [-0.2, 0) is 0 Å². The molecule has 0 bridgehead atoms. The summed E-state index contributed by atoms with van der Waals surface area (Å²) in [6.07, 6.45) is 1.30. The molecule has 2 aromatic carbocycles. The van der Waals surface area contributed by atoms with Gasteiger partial charge in [0.2, 0.25) is 0 Å². The van der Waals surface area contributed by atoms with Crippen LogP contribution >= 0.6 is 0 Å². The highest BCUT2D eigenvalue weighted by atomic mass is 19.1. The number of ether oxygens (including phenoxy) is 1. The van der Waals surface area contributed by atoms with Gasteiger partial charge < -0.3 is 4.74 Å². The molecule has 1 atom stereocenters. The van der Waals surface area contributed by atoms with Crippen molar-refractivity contribution in [1.29, 1.82) is 5.26 Å². The van der Waals surface area contributed by atoms with Crippen molar-refractivity contribution in [1.82, 2.24) is 0 Å². The third-order valence-electron chi connectivity index (χ3n) is 3.33. The molecule has 2 rings (SSSR count). The van der Waals surface area contributed by atoms with Crippen molar-refractivity contribution in [3.8, 4) is 11.8 Å². The van der Waals surface area contributed by atoms with E-state index in [2.05, 4.69) is 6.07 Å². The summed E-state index contributed by atoms with van der Waals surface area (Å²) >= 11 is 0. The van der Waals surface area contributed by atoms with Crippen LogP contribution in [0.1, 0.15) is 29.9 Å². The molecule has 0 N–H and O–H groups in total. The van der Waals surface area contributed by atoms with Gasteiger partial charge in [-0.1, -0.05) is 30.3 Å². The molecule has 0 saturated heterocycles. The second kappa shape index (κ2) is 7.44. The molecule has 0 aliphatic heterocycles. The fourth-order valence-corrected chi connectivity index (χ4v) is 2.23. The minimum Gasteiger partial charge on any atom is -0.494 e. The van der Waals surface area contributed by atoms with Crippen molar-refractivity contribution in [2.45, 2.75) is 25.7 Å². The maximum atomic E-state index is 13.7. The normalized spacial score (nSPS) is 11.7. The average Bonchev–Trinajstić information content (AvgIpc) is 2.49. The van der Waals surface area contributed by atoms with Crippen LogP contribution in [0.4, 0.5) is 4.39 Å². The highest BCUT2D eigenvalue weighted by Crippen LogP contribution is 2.23. The molecule has 0 aliphatic carbocycles. The van der Waals surface area contributed by atoms with Gasteiger partial charge in [0.25, 0.3) is 0 Å². The van der Waals surface area contributed by atoms with E-state index in [1.165, 1.54) is 6.07 Å². The second-order valence-electron chi connectivity index (χ2n) is 5.01. The summed E-state index contributed by atoms with van der Waals surface area (Å²) in [7, 11) is 0. The zero-order chi connectivity index (χ0) is 15.1. The van der Waals surface area contributed by atoms with Crippen LogP contribution < -0.4 is 4.74 Å². The highest BCUT2D eigenvalue weighted by molar-refractivity contribution is 5.28. The summed E-state index contributed by atoms with van der Waals surface area (Å²) in [6, 6.07) is 16.5. The summed E-state index contributed by atoms with van der Waals surface area (Å²) in [5.41, 5.74) is 1.62. The highest BCUT2D eigenvalue weighted by Gasteiger charge is 2.14. The van der Waals surface area contributed by atoms with Crippen LogP contribution in [-0.4, -0.2) is 6.61 Å². The van der Waals surface area contributed by atoms with E-state index in [0.29, 0.717) is 25.0 Å². The largest absolute Gasteiger partial charge is 0.494 e. The van der Waals surface area contributed by atoms with E-state index < -0.39 is 5.92 Å². The fourth-order valence-electron chi connectivity index (χ4n) is 2.23. The van der Waals surface area contributed by atoms with Crippen LogP contribution in [0.15, 0.2) is 48.5 Å². The van der Waals surface area contributed by atoms with E-state index in [4.69, 9.17) is 4.74 Å². The second-order valence-corrected chi connectivity index (χ2v) is 5.01. The summed E-state index contributed by atoms with van der Waals surface area (Å²) in [5, 5.41) is 9.20. The molecule has 0 heterocycles. The lowest BCUT2D eigenvalue weighted by Gasteiger charge is -2.11. The van der Waals surface area contributed by atoms with E-state index in [0.717, 1.165) is 11.3 Å². The van der Waals surface area contributed by atoms with Gasteiger partial charge in [-0.25, -0.2) is 4.39 Å². The Bertz CT molecular complexity index is 633. The van der Waals surface area contributed by atoms with Crippen molar-refractivity contribution < 1.29 is 9.13 Å². The predicted molar refractivity (Wildman–Crippen MR) is 80.7 cm³/mol. The van der Waals surface area contributed by atoms with Gasteiger partial charge in [0.05, 0.1) is 18.6 Å². The zero-order valence-corrected chi connectivity index (χ0v) is 12.1. The first-order valence-electron chi connectivity index (χ1n) is 7.04. The lowest BCUT2D eigenvalue weighted by atomic mass is 9.95. The molecular weight excluding hydrogens is 265 g/mol. The lowest BCUT2D eigenvalue weighted by molar-refractivity contribution is 0.304. The molecule has 0 amide bonds. The SMILES string of the molecule is Cc1cccc(OCCCC(C#N)c2ccccc2F)c1. The molecule has 108 valence electrons. The van der Waals surface area contributed by atoms with Gasteiger partial charge >= 0.3 is 0 Å². The lowest BCUT2D eigenvalue weighted by Crippen LogP contribution is -2.03. The first-order valence-corrected chi connectivity index (χ1v) is 7.04. The molecule has 2 nitrogen and oxygen atoms in total. The molecule has 0 radical (unpaired) electrons. The molecular formula is C18H18FNO. The summed E-state index contributed by atoms with van der Waals surface area (Å²) in [5.74, 6) is 0.0883. The molecule has 0 saturated carbocycles. The van der Waals surface area contributed by atoms with Crippen LogP contribution in [0.2, 0.25) is 0 Å². The van der Waals surface area contributed by atoms with E-state index in [1.54, 1.807) is 18.2 Å². The van der Waals surface area contributed by atoms with E-state index in [9.17, 15) is 9.65 Å². The number of aryl methyl sites for hydroxylation is 1. The van der Waals surface area contributed by atoms with E-state index >= 15 is 0 Å². The number of nitriles is 1. The maximum absolute atomic E-state index is 13.7. The Balaban J connectivity index is 1.85. The number of hydrogen-bond acceptors (Lipinski definition) is 2. The topological polar surface area (TPSA) is 33.0 Å². The summed E-state index contributed by atoms with van der Waals surface area (Å²) in [6.45, 7) is 2.53. The minimum atomic E-state index is -0.424. The fraction of sp³-hybridized carbons (Fsp3) is 0.278. The van der Waals surface area contributed by atoms with Gasteiger partial charge in [-0.2, -0.15) is 5.26 Å². The quantitative estimate of drug-likeness (QED) is 0.726. The van der Waals surface area contributed by atoms with Crippen molar-refractivity contribution >= 4 is 0 Å². The van der Waals surface area contributed by atoms with Crippen molar-refractivity contribution in [2.75, 3.05) is 6.61 Å². The number of nitrogens with zero attached hydrogens (tertiary/aromatic N) is 1. The molecule has 0 spiro atoms. The Hall–Kier alpha value is -2.34. The Morgan fingerprint density at radius 1 is 1.19 bits per heavy atom. The third kappa shape index (κ3) is 4.32. The van der Waals surface area contributed by atoms with Gasteiger partial charge in [0, 0.05) is 5.56 Å². The molecule has 1 unspecified atom stereocenters. The summed E-state index contributed by atoms with van der Waals surface area (Å²) in [4.78, 5) is 0. The van der Waals surface area contributed by atoms with Crippen molar-refractivity contribution in [3.63, 3.8) is 0 Å². The molecule has 3 heteroatoms. The minimum absolute atomic E-state index is 0.316. The van der Waals surface area contributed by atoms with Crippen LogP contribution in [0, 0.1) is 24.1 Å². The predicted octanol–water partition coefficient (Wildman–Crippen LogP) is 4.60. The number of rotatable bonds is 6. The Morgan fingerprint density at radius 3 is 2.71 bits per heavy atom. The maximum Gasteiger partial charge on any atom is 0.127 e. The van der Waals surface area contributed by atoms with Gasteiger partial charge in [0.1, 0.15) is 11.6 Å². The van der Waals surface area contributed by atoms with Crippen LogP contribution in [0.25, 0.3) is 0 Å². The van der Waals surface area contributed by atoms with Gasteiger partial charge in [-0.05, 0) is 43.5 Å². The van der Waals surface area contributed by atoms with E-state index in [1.807, 2.05) is 31.2 Å². The number of benzene rings is 2. The first-order chi connectivity index (χ1) is 10.2. The van der Waals surface area contributed by atoms with Crippen molar-refractivity contribution in [2.24, 2.45) is 0 Å². The standard InChI is InChI=1S/C18H18FNO/c1-14-6-4-8-16(12-14)21-11-5-7-15(13-20)17-9-2-3-10-18(17)19/h2-4,6,8-10,12,15H,5,7,11H2,1H3. The van der Waals surface area contributed by atoms with Crippen molar-refractivity contribution in [3.05, 3.63) is 65.5 Å². The zero-order valence-electron chi connectivity index (χ0n) is 12.1. The molecule has 0 aromatic heterocycles. The molecule has 0 fully saturated rings. The van der Waals surface area contributed by atoms with E-state index in [-0.39, 0.29) is 5.82 Å². The smallest absolute Gasteiger partial charge is 0.127 e. The Morgan fingerprint density at radius 2 is 2.00 bits per heavy atom. The molecule has 0 aliphatic rings. The number of hydrogen-bond donors (Lipinski definition) is 0. The molecule has 2 aromatic rings. The molecule has 21 heavy (non-hydrogen) atoms. The monoisotopic (exact) mass is 283 g/mol.